The van der Waals surface area contributed by atoms with E-state index in [2.05, 4.69) is 10.3 Å². The molecule has 0 aliphatic carbocycles. The lowest BCUT2D eigenvalue weighted by molar-refractivity contribution is -0.131. The fourth-order valence-electron chi connectivity index (χ4n) is 2.26. The number of hydrogen-bond donors (Lipinski definition) is 1. The molecule has 1 aliphatic heterocycles. The number of urea groups is 1. The molecule has 7 heteroatoms. The van der Waals surface area contributed by atoms with Gasteiger partial charge in [0.05, 0.1) is 17.1 Å². The summed E-state index contributed by atoms with van der Waals surface area (Å²) in [6.45, 7) is 7.04. The van der Waals surface area contributed by atoms with Gasteiger partial charge in [-0.2, -0.15) is 0 Å². The van der Waals surface area contributed by atoms with E-state index in [1.54, 1.807) is 16.2 Å². The molecule has 0 aromatic carbocycles. The van der Waals surface area contributed by atoms with Gasteiger partial charge in [-0.15, -0.1) is 11.3 Å². The quantitative estimate of drug-likeness (QED) is 0.910. The van der Waals surface area contributed by atoms with E-state index in [-0.39, 0.29) is 11.9 Å². The number of carbonyl (C=O) groups excluding carboxylic acids is 2. The second-order valence-electron chi connectivity index (χ2n) is 5.13. The average Bonchev–Trinajstić information content (AvgIpc) is 2.90. The fraction of sp³-hybridized carbons (Fsp3) is 0.643. The Morgan fingerprint density at radius 1 is 1.29 bits per heavy atom. The van der Waals surface area contributed by atoms with E-state index < -0.39 is 0 Å². The van der Waals surface area contributed by atoms with Crippen molar-refractivity contribution in [3.8, 4) is 0 Å². The maximum atomic E-state index is 12.2. The first-order chi connectivity index (χ1) is 10.1. The molecule has 1 saturated heterocycles. The summed E-state index contributed by atoms with van der Waals surface area (Å²) in [5.74, 6) is 0.0916. The average molecular weight is 310 g/mol. The zero-order chi connectivity index (χ0) is 15.2. The minimum absolute atomic E-state index is 0.0286. The van der Waals surface area contributed by atoms with E-state index in [1.807, 2.05) is 24.1 Å². The monoisotopic (exact) mass is 310 g/mol. The van der Waals surface area contributed by atoms with E-state index in [1.165, 1.54) is 0 Å². The Hall–Kier alpha value is -1.63. The second-order valence-corrected chi connectivity index (χ2v) is 6.20. The molecule has 0 atom stereocenters. The highest BCUT2D eigenvalue weighted by Gasteiger charge is 2.24. The number of hydrogen-bond acceptors (Lipinski definition) is 4. The zero-order valence-corrected chi connectivity index (χ0v) is 13.4. The van der Waals surface area contributed by atoms with Crippen LogP contribution in [0.15, 0.2) is 5.38 Å². The predicted octanol–water partition coefficient (Wildman–Crippen LogP) is 1.26. The van der Waals surface area contributed by atoms with Crippen LogP contribution in [0.1, 0.15) is 24.0 Å². The lowest BCUT2D eigenvalue weighted by Gasteiger charge is -2.34. The Morgan fingerprint density at radius 2 is 1.95 bits per heavy atom. The topological polar surface area (TPSA) is 65.5 Å². The highest BCUT2D eigenvalue weighted by Crippen LogP contribution is 2.11. The van der Waals surface area contributed by atoms with Crippen molar-refractivity contribution < 1.29 is 9.59 Å². The molecule has 1 N–H and O–H groups in total. The summed E-state index contributed by atoms with van der Waals surface area (Å²) in [4.78, 5) is 31.9. The molecule has 6 nitrogen and oxygen atoms in total. The molecule has 1 aliphatic rings. The van der Waals surface area contributed by atoms with Crippen molar-refractivity contribution in [2.24, 2.45) is 0 Å². The SMILES string of the molecule is CCCNC(=O)N1CCN(C(=O)Cc2csc(C)n2)CC1. The van der Waals surface area contributed by atoms with Gasteiger partial charge in [0.15, 0.2) is 0 Å². The standard InChI is InChI=1S/C14H22N4O2S/c1-3-4-15-14(20)18-7-5-17(6-8-18)13(19)9-12-10-21-11(2)16-12/h10H,3-9H2,1-2H3,(H,15,20). The molecule has 2 rings (SSSR count). The largest absolute Gasteiger partial charge is 0.339 e. The minimum Gasteiger partial charge on any atom is -0.339 e. The van der Waals surface area contributed by atoms with Crippen molar-refractivity contribution in [3.05, 3.63) is 16.1 Å². The molecule has 1 aromatic rings. The van der Waals surface area contributed by atoms with Gasteiger partial charge in [0.2, 0.25) is 5.91 Å². The third-order valence-corrected chi connectivity index (χ3v) is 4.27. The first kappa shape index (κ1) is 15.8. The van der Waals surface area contributed by atoms with Crippen molar-refractivity contribution in [1.82, 2.24) is 20.1 Å². The smallest absolute Gasteiger partial charge is 0.317 e. The third-order valence-electron chi connectivity index (χ3n) is 3.44. The molecule has 3 amide bonds. The zero-order valence-electron chi connectivity index (χ0n) is 12.6. The van der Waals surface area contributed by atoms with Crippen LogP contribution in [0.5, 0.6) is 0 Å². The number of amides is 3. The lowest BCUT2D eigenvalue weighted by Crippen LogP contribution is -2.53. The molecule has 0 saturated carbocycles. The van der Waals surface area contributed by atoms with Gasteiger partial charge in [-0.25, -0.2) is 9.78 Å². The lowest BCUT2D eigenvalue weighted by atomic mass is 10.2. The number of piperazine rings is 1. The second kappa shape index (κ2) is 7.40. The van der Waals surface area contributed by atoms with Gasteiger partial charge in [0.1, 0.15) is 0 Å². The summed E-state index contributed by atoms with van der Waals surface area (Å²) in [6.07, 6.45) is 1.28. The maximum absolute atomic E-state index is 12.2. The van der Waals surface area contributed by atoms with Crippen molar-refractivity contribution >= 4 is 23.3 Å². The van der Waals surface area contributed by atoms with Gasteiger partial charge >= 0.3 is 6.03 Å². The van der Waals surface area contributed by atoms with Crippen molar-refractivity contribution in [3.63, 3.8) is 0 Å². The molecule has 0 radical (unpaired) electrons. The molecular weight excluding hydrogens is 288 g/mol. The van der Waals surface area contributed by atoms with Gasteiger partial charge in [-0.05, 0) is 13.3 Å². The number of carbonyl (C=O) groups is 2. The van der Waals surface area contributed by atoms with Gasteiger partial charge in [0.25, 0.3) is 0 Å². The summed E-state index contributed by atoms with van der Waals surface area (Å²) >= 11 is 1.56. The van der Waals surface area contributed by atoms with Crippen molar-refractivity contribution in [1.29, 1.82) is 0 Å². The normalized spacial score (nSPS) is 15.1. The summed E-state index contributed by atoms with van der Waals surface area (Å²) in [7, 11) is 0. The molecule has 21 heavy (non-hydrogen) atoms. The molecule has 116 valence electrons. The van der Waals surface area contributed by atoms with E-state index in [4.69, 9.17) is 0 Å². The minimum atomic E-state index is -0.0286. The molecule has 0 unspecified atom stereocenters. The van der Waals surface area contributed by atoms with Crippen molar-refractivity contribution in [2.45, 2.75) is 26.7 Å². The van der Waals surface area contributed by atoms with E-state index >= 15 is 0 Å². The summed E-state index contributed by atoms with van der Waals surface area (Å²) in [5, 5.41) is 5.78. The molecule has 2 heterocycles. The Labute approximate surface area is 129 Å². The number of thiazole rings is 1. The van der Waals surface area contributed by atoms with Crippen LogP contribution < -0.4 is 5.32 Å². The van der Waals surface area contributed by atoms with Crippen LogP contribution in [0.25, 0.3) is 0 Å². The molecule has 0 spiro atoms. The van der Waals surface area contributed by atoms with E-state index in [0.717, 1.165) is 17.1 Å². The van der Waals surface area contributed by atoms with Crippen LogP contribution in [0.4, 0.5) is 4.79 Å². The number of nitrogens with one attached hydrogen (secondary N) is 1. The molecule has 1 fully saturated rings. The number of aryl methyl sites for hydroxylation is 1. The van der Waals surface area contributed by atoms with Gasteiger partial charge in [-0.3, -0.25) is 4.79 Å². The van der Waals surface area contributed by atoms with E-state index in [9.17, 15) is 9.59 Å². The van der Waals surface area contributed by atoms with Crippen LogP contribution in [-0.4, -0.2) is 59.4 Å². The highest BCUT2D eigenvalue weighted by molar-refractivity contribution is 7.09. The van der Waals surface area contributed by atoms with Crippen LogP contribution in [0.3, 0.4) is 0 Å². The molecule has 1 aromatic heterocycles. The summed E-state index contributed by atoms with van der Waals surface area (Å²) < 4.78 is 0. The Bertz CT molecular complexity index is 495. The van der Waals surface area contributed by atoms with Crippen LogP contribution in [0.2, 0.25) is 0 Å². The van der Waals surface area contributed by atoms with Crippen LogP contribution in [-0.2, 0) is 11.2 Å². The molecule has 0 bridgehead atoms. The summed E-state index contributed by atoms with van der Waals surface area (Å²) in [6, 6.07) is -0.0286. The van der Waals surface area contributed by atoms with Crippen LogP contribution in [0, 0.1) is 6.92 Å². The van der Waals surface area contributed by atoms with Crippen LogP contribution >= 0.6 is 11.3 Å². The highest BCUT2D eigenvalue weighted by atomic mass is 32.1. The number of aromatic nitrogens is 1. The van der Waals surface area contributed by atoms with Gasteiger partial charge < -0.3 is 15.1 Å². The molecular formula is C14H22N4O2S. The first-order valence-electron chi connectivity index (χ1n) is 7.31. The maximum Gasteiger partial charge on any atom is 0.317 e. The Kier molecular flexibility index (Phi) is 5.55. The van der Waals surface area contributed by atoms with Gasteiger partial charge in [0, 0.05) is 38.1 Å². The number of nitrogens with zero attached hydrogens (tertiary/aromatic N) is 3. The van der Waals surface area contributed by atoms with Crippen molar-refractivity contribution in [2.75, 3.05) is 32.7 Å². The summed E-state index contributed by atoms with van der Waals surface area (Å²) in [5.41, 5.74) is 0.839. The number of rotatable bonds is 4. The van der Waals surface area contributed by atoms with E-state index in [0.29, 0.717) is 39.1 Å². The Morgan fingerprint density at radius 3 is 2.52 bits per heavy atom. The predicted molar refractivity (Wildman–Crippen MR) is 82.4 cm³/mol. The fourth-order valence-corrected chi connectivity index (χ4v) is 2.87. The third kappa shape index (κ3) is 4.42. The van der Waals surface area contributed by atoms with Gasteiger partial charge in [-0.1, -0.05) is 6.92 Å². The Balaban J connectivity index is 1.78. The first-order valence-corrected chi connectivity index (χ1v) is 8.19.